The van der Waals surface area contributed by atoms with E-state index in [0.29, 0.717) is 78.6 Å². The number of hydrogen-bond acceptors (Lipinski definition) is 9. The minimum Gasteiger partial charge on any atom is -0.481 e. The van der Waals surface area contributed by atoms with E-state index >= 15 is 0 Å². The Bertz CT molecular complexity index is 2150. The van der Waals surface area contributed by atoms with Crippen LogP contribution in [0.25, 0.3) is 39.2 Å². The number of nitrogens with one attached hydrogen (secondary N) is 3. The number of pyridine rings is 2. The van der Waals surface area contributed by atoms with Gasteiger partial charge in [0.2, 0.25) is 11.8 Å². The van der Waals surface area contributed by atoms with Gasteiger partial charge in [0, 0.05) is 84.4 Å². The first-order valence-corrected chi connectivity index (χ1v) is 17.6. The van der Waals surface area contributed by atoms with Crippen molar-refractivity contribution in [3.05, 3.63) is 105 Å². The van der Waals surface area contributed by atoms with Crippen LogP contribution in [0.3, 0.4) is 0 Å². The quantitative estimate of drug-likeness (QED) is 0.134. The van der Waals surface area contributed by atoms with E-state index in [2.05, 4.69) is 20.9 Å². The van der Waals surface area contributed by atoms with E-state index in [4.69, 9.17) is 37.7 Å². The number of aromatic nitrogens is 3. The van der Waals surface area contributed by atoms with Gasteiger partial charge in [-0.3, -0.25) is 14.0 Å². The van der Waals surface area contributed by atoms with Crippen molar-refractivity contribution in [2.45, 2.75) is 32.0 Å². The first-order valence-electron chi connectivity index (χ1n) is 16.8. The third kappa shape index (κ3) is 7.23. The van der Waals surface area contributed by atoms with Gasteiger partial charge in [0.25, 0.3) is 5.56 Å². The molecule has 4 N–H and O–H groups in total. The van der Waals surface area contributed by atoms with Crippen LogP contribution >= 0.6 is 23.2 Å². The molecule has 3 aromatic heterocycles. The molecule has 2 fully saturated rings. The number of benzene rings is 2. The zero-order valence-electron chi connectivity index (χ0n) is 28.0. The Balaban J connectivity index is 1.11. The SMILES string of the molecule is COc1nc(-c2cccc(-c3cccc(-c4ccn5c(=O)c(CNCC6(CO)COC6)cnc5c4)c3Cl)c2Cl)ccc1CNCC1CCC(=O)N1. The van der Waals surface area contributed by atoms with Gasteiger partial charge in [0.1, 0.15) is 5.65 Å². The number of hydrogen-bond donors (Lipinski definition) is 4. The molecule has 2 aliphatic rings. The van der Waals surface area contributed by atoms with Crippen molar-refractivity contribution in [1.29, 1.82) is 0 Å². The molecule has 51 heavy (non-hydrogen) atoms. The maximum absolute atomic E-state index is 13.3. The Labute approximate surface area is 305 Å². The molecule has 0 bridgehead atoms. The van der Waals surface area contributed by atoms with Gasteiger partial charge in [-0.05, 0) is 30.2 Å². The number of fused-ring (bicyclic) bond motifs is 1. The second kappa shape index (κ2) is 15.1. The molecule has 2 saturated heterocycles. The van der Waals surface area contributed by atoms with E-state index in [1.807, 2.05) is 60.7 Å². The van der Waals surface area contributed by atoms with E-state index in [0.717, 1.165) is 39.8 Å². The summed E-state index contributed by atoms with van der Waals surface area (Å²) in [4.78, 5) is 34.2. The zero-order valence-corrected chi connectivity index (χ0v) is 29.6. The highest BCUT2D eigenvalue weighted by atomic mass is 35.5. The Hall–Kier alpha value is -4.36. The molecule has 264 valence electrons. The van der Waals surface area contributed by atoms with Crippen LogP contribution < -0.4 is 26.2 Å². The molecule has 13 heteroatoms. The molecule has 0 radical (unpaired) electrons. The van der Waals surface area contributed by atoms with Crippen LogP contribution in [0.2, 0.25) is 10.0 Å². The van der Waals surface area contributed by atoms with Crippen LogP contribution in [0.5, 0.6) is 5.88 Å². The van der Waals surface area contributed by atoms with Crippen LogP contribution in [0.15, 0.2) is 77.9 Å². The van der Waals surface area contributed by atoms with Crippen LogP contribution in [0.1, 0.15) is 24.0 Å². The van der Waals surface area contributed by atoms with E-state index < -0.39 is 0 Å². The molecular weight excluding hydrogens is 691 g/mol. The van der Waals surface area contributed by atoms with Crippen LogP contribution in [-0.2, 0) is 22.6 Å². The Morgan fingerprint density at radius 3 is 2.39 bits per heavy atom. The van der Waals surface area contributed by atoms with Crippen LogP contribution in [-0.4, -0.2) is 71.4 Å². The first-order chi connectivity index (χ1) is 24.8. The monoisotopic (exact) mass is 728 g/mol. The number of halogens is 2. The predicted molar refractivity (Wildman–Crippen MR) is 197 cm³/mol. The summed E-state index contributed by atoms with van der Waals surface area (Å²) in [5.41, 5.74) is 5.90. The number of aliphatic hydroxyl groups is 1. The van der Waals surface area contributed by atoms with E-state index in [-0.39, 0.29) is 29.5 Å². The summed E-state index contributed by atoms with van der Waals surface area (Å²) in [6.45, 7) is 3.12. The van der Waals surface area contributed by atoms with Crippen molar-refractivity contribution >= 4 is 34.8 Å². The van der Waals surface area contributed by atoms with Crippen molar-refractivity contribution in [2.75, 3.05) is 40.0 Å². The molecule has 5 aromatic rings. The third-order valence-corrected chi connectivity index (χ3v) is 10.4. The number of methoxy groups -OCH3 is 1. The summed E-state index contributed by atoms with van der Waals surface area (Å²) in [6.07, 6.45) is 4.69. The van der Waals surface area contributed by atoms with Gasteiger partial charge in [-0.15, -0.1) is 0 Å². The molecular formula is C38H38Cl2N6O5. The molecule has 0 spiro atoms. The maximum Gasteiger partial charge on any atom is 0.262 e. The lowest BCUT2D eigenvalue weighted by Gasteiger charge is -2.40. The van der Waals surface area contributed by atoms with Crippen LogP contribution in [0.4, 0.5) is 0 Å². The largest absolute Gasteiger partial charge is 0.481 e. The standard InChI is InChI=1S/C38H38Cl2N6O5/c1-50-36-24(15-41-18-26-9-11-33(48)44-26)8-10-31(45-36)30-7-3-6-29(35(30)40)28-5-2-4-27(34(28)39)23-12-13-46-32(14-23)43-17-25(37(46)49)16-42-19-38(20-47)21-51-22-38/h2-8,10,12-14,17,26,41-42,47H,9,11,15-16,18-22H2,1H3,(H,44,48). The number of nitrogens with zero attached hydrogens (tertiary/aromatic N) is 3. The topological polar surface area (TPSA) is 139 Å². The molecule has 1 unspecified atom stereocenters. The van der Waals surface area contributed by atoms with Crippen LogP contribution in [0, 0.1) is 5.41 Å². The summed E-state index contributed by atoms with van der Waals surface area (Å²) >= 11 is 14.2. The Morgan fingerprint density at radius 2 is 1.71 bits per heavy atom. The molecule has 2 aliphatic heterocycles. The lowest BCUT2D eigenvalue weighted by molar-refractivity contribution is -0.134. The number of rotatable bonds is 13. The van der Waals surface area contributed by atoms with Gasteiger partial charge >= 0.3 is 0 Å². The van der Waals surface area contributed by atoms with Gasteiger partial charge in [-0.2, -0.15) is 0 Å². The van der Waals surface area contributed by atoms with Gasteiger partial charge in [-0.1, -0.05) is 65.7 Å². The molecule has 1 amide bonds. The van der Waals surface area contributed by atoms with Gasteiger partial charge in [0.15, 0.2) is 0 Å². The number of aliphatic hydroxyl groups excluding tert-OH is 1. The predicted octanol–water partition coefficient (Wildman–Crippen LogP) is 4.87. The highest BCUT2D eigenvalue weighted by Crippen LogP contribution is 2.42. The number of carbonyl (C=O) groups excluding carboxylic acids is 1. The molecule has 2 aromatic carbocycles. The average molecular weight is 730 g/mol. The summed E-state index contributed by atoms with van der Waals surface area (Å²) in [7, 11) is 1.59. The summed E-state index contributed by atoms with van der Waals surface area (Å²) in [6, 6.07) is 19.2. The summed E-state index contributed by atoms with van der Waals surface area (Å²) in [5.74, 6) is 0.581. The molecule has 0 saturated carbocycles. The molecule has 7 rings (SSSR count). The van der Waals surface area contributed by atoms with Crippen molar-refractivity contribution in [3.8, 4) is 39.4 Å². The minimum absolute atomic E-state index is 0.0307. The van der Waals surface area contributed by atoms with Gasteiger partial charge in [-0.25, -0.2) is 9.97 Å². The Kier molecular flexibility index (Phi) is 10.4. The Morgan fingerprint density at radius 1 is 0.980 bits per heavy atom. The lowest BCUT2D eigenvalue weighted by Crippen LogP contribution is -2.52. The molecule has 1 atom stereocenters. The number of amides is 1. The molecule has 5 heterocycles. The normalized spacial score (nSPS) is 16.6. The first kappa shape index (κ1) is 35.1. The smallest absolute Gasteiger partial charge is 0.262 e. The second-order valence-corrected chi connectivity index (χ2v) is 13.9. The minimum atomic E-state index is -0.291. The average Bonchev–Trinajstić information content (AvgIpc) is 3.55. The zero-order chi connectivity index (χ0) is 35.5. The summed E-state index contributed by atoms with van der Waals surface area (Å²) < 4.78 is 12.4. The van der Waals surface area contributed by atoms with Gasteiger partial charge < -0.3 is 30.5 Å². The lowest BCUT2D eigenvalue weighted by atomic mass is 9.87. The van der Waals surface area contributed by atoms with Crippen molar-refractivity contribution in [2.24, 2.45) is 5.41 Å². The molecule has 0 aliphatic carbocycles. The highest BCUT2D eigenvalue weighted by molar-refractivity contribution is 6.39. The maximum atomic E-state index is 13.3. The van der Waals surface area contributed by atoms with Crippen molar-refractivity contribution in [1.82, 2.24) is 30.3 Å². The highest BCUT2D eigenvalue weighted by Gasteiger charge is 2.37. The molecule has 11 nitrogen and oxygen atoms in total. The fourth-order valence-corrected chi connectivity index (χ4v) is 7.21. The third-order valence-electron chi connectivity index (χ3n) is 9.55. The number of carbonyl (C=O) groups is 1. The fourth-order valence-electron chi connectivity index (χ4n) is 6.55. The van der Waals surface area contributed by atoms with E-state index in [1.165, 1.54) is 4.40 Å². The van der Waals surface area contributed by atoms with Crippen molar-refractivity contribution < 1.29 is 19.4 Å². The summed E-state index contributed by atoms with van der Waals surface area (Å²) in [5, 5.41) is 20.3. The van der Waals surface area contributed by atoms with E-state index in [1.54, 1.807) is 19.5 Å². The fraction of sp³-hybridized carbons (Fsp3) is 0.316. The number of ether oxygens (including phenoxy) is 2. The van der Waals surface area contributed by atoms with E-state index in [9.17, 15) is 14.7 Å². The van der Waals surface area contributed by atoms with Crippen molar-refractivity contribution in [3.63, 3.8) is 0 Å². The second-order valence-electron chi connectivity index (χ2n) is 13.1. The van der Waals surface area contributed by atoms with Gasteiger partial charge in [0.05, 0.1) is 48.1 Å².